The molecule has 0 aromatic heterocycles. The van der Waals surface area contributed by atoms with Gasteiger partial charge in [-0.3, -0.25) is 4.79 Å². The summed E-state index contributed by atoms with van der Waals surface area (Å²) in [5.41, 5.74) is 3.53. The maximum atomic E-state index is 12.5. The lowest BCUT2D eigenvalue weighted by molar-refractivity contribution is -0.124. The van der Waals surface area contributed by atoms with Crippen LogP contribution in [0.4, 0.5) is 0 Å². The Balaban J connectivity index is 1.65. The summed E-state index contributed by atoms with van der Waals surface area (Å²) in [6.07, 6.45) is 0.726. The summed E-state index contributed by atoms with van der Waals surface area (Å²) < 4.78 is 0. The van der Waals surface area contributed by atoms with Gasteiger partial charge in [-0.15, -0.1) is 0 Å². The minimum Gasteiger partial charge on any atom is -0.348 e. The largest absolute Gasteiger partial charge is 0.348 e. The minimum absolute atomic E-state index is 0.0296. The summed E-state index contributed by atoms with van der Waals surface area (Å²) in [4.78, 5) is 12.5. The van der Waals surface area contributed by atoms with Crippen LogP contribution >= 0.6 is 11.6 Å². The quantitative estimate of drug-likeness (QED) is 0.913. The third-order valence-electron chi connectivity index (χ3n) is 4.11. The van der Waals surface area contributed by atoms with E-state index in [2.05, 4.69) is 22.8 Å². The van der Waals surface area contributed by atoms with Crippen molar-refractivity contribution >= 4 is 17.5 Å². The number of carbonyl (C=O) groups is 1. The Labute approximate surface area is 135 Å². The number of fused-ring (bicyclic) bond motifs is 1. The van der Waals surface area contributed by atoms with Crippen molar-refractivity contribution in [1.29, 1.82) is 0 Å². The van der Waals surface area contributed by atoms with E-state index in [4.69, 9.17) is 11.6 Å². The molecule has 1 heterocycles. The normalized spacial score (nSPS) is 18.4. The Kier molecular flexibility index (Phi) is 4.46. The van der Waals surface area contributed by atoms with Gasteiger partial charge in [0.1, 0.15) is 0 Å². The zero-order valence-electron chi connectivity index (χ0n) is 12.5. The first-order valence-corrected chi connectivity index (χ1v) is 7.87. The summed E-state index contributed by atoms with van der Waals surface area (Å²) in [6, 6.07) is 15.6. The smallest absolute Gasteiger partial charge is 0.237 e. The van der Waals surface area contributed by atoms with Crippen molar-refractivity contribution in [3.63, 3.8) is 0 Å². The zero-order valence-corrected chi connectivity index (χ0v) is 13.2. The lowest BCUT2D eigenvalue weighted by atomic mass is 9.95. The maximum absolute atomic E-state index is 12.5. The standard InChI is InChI=1S/C18H19ClN2O/c1-12(13-7-4-8-16(19)9-13)21-18(22)17-10-14-5-2-3-6-15(14)11-20-17/h2-9,12,17,20H,10-11H2,1H3,(H,21,22)/t12-,17?/m1/s1. The fraction of sp³-hybridized carbons (Fsp3) is 0.278. The molecular formula is C18H19ClN2O. The van der Waals surface area contributed by atoms with Crippen molar-refractivity contribution < 1.29 is 4.79 Å². The van der Waals surface area contributed by atoms with Crippen LogP contribution < -0.4 is 10.6 Å². The molecule has 2 N–H and O–H groups in total. The van der Waals surface area contributed by atoms with Crippen LogP contribution in [-0.4, -0.2) is 11.9 Å². The molecule has 114 valence electrons. The molecule has 2 aromatic rings. The van der Waals surface area contributed by atoms with Crippen LogP contribution in [0, 0.1) is 0 Å². The molecule has 3 rings (SSSR count). The minimum atomic E-state index is -0.184. The molecule has 1 unspecified atom stereocenters. The van der Waals surface area contributed by atoms with Crippen molar-refractivity contribution in [2.45, 2.75) is 32.0 Å². The highest BCUT2D eigenvalue weighted by Crippen LogP contribution is 2.19. The van der Waals surface area contributed by atoms with Gasteiger partial charge in [-0.25, -0.2) is 0 Å². The van der Waals surface area contributed by atoms with E-state index in [1.54, 1.807) is 0 Å². The van der Waals surface area contributed by atoms with Gasteiger partial charge in [0.25, 0.3) is 0 Å². The number of rotatable bonds is 3. The fourth-order valence-corrected chi connectivity index (χ4v) is 3.01. The van der Waals surface area contributed by atoms with Gasteiger partial charge in [0.15, 0.2) is 0 Å². The fourth-order valence-electron chi connectivity index (χ4n) is 2.81. The molecule has 0 saturated carbocycles. The van der Waals surface area contributed by atoms with Gasteiger partial charge in [-0.2, -0.15) is 0 Å². The van der Waals surface area contributed by atoms with Crippen molar-refractivity contribution in [3.05, 3.63) is 70.2 Å². The van der Waals surface area contributed by atoms with E-state index in [1.165, 1.54) is 11.1 Å². The van der Waals surface area contributed by atoms with Gasteiger partial charge < -0.3 is 10.6 Å². The molecule has 1 aliphatic rings. The highest BCUT2D eigenvalue weighted by Gasteiger charge is 2.24. The summed E-state index contributed by atoms with van der Waals surface area (Å²) in [6.45, 7) is 2.71. The topological polar surface area (TPSA) is 41.1 Å². The molecule has 1 amide bonds. The first kappa shape index (κ1) is 15.1. The Morgan fingerprint density at radius 1 is 1.23 bits per heavy atom. The van der Waals surface area contributed by atoms with E-state index in [0.717, 1.165) is 18.5 Å². The average molecular weight is 315 g/mol. The number of carbonyl (C=O) groups excluding carboxylic acids is 1. The van der Waals surface area contributed by atoms with Crippen LogP contribution in [0.2, 0.25) is 5.02 Å². The van der Waals surface area contributed by atoms with Crippen LogP contribution in [0.3, 0.4) is 0 Å². The Bertz CT molecular complexity index is 686. The second-order valence-corrected chi connectivity index (χ2v) is 6.13. The number of amides is 1. The number of hydrogen-bond acceptors (Lipinski definition) is 2. The van der Waals surface area contributed by atoms with E-state index in [0.29, 0.717) is 5.02 Å². The SMILES string of the molecule is C[C@@H](NC(=O)C1Cc2ccccc2CN1)c1cccc(Cl)c1. The van der Waals surface area contributed by atoms with E-state index in [9.17, 15) is 4.79 Å². The summed E-state index contributed by atoms with van der Waals surface area (Å²) in [5, 5.41) is 7.05. The molecule has 2 atom stereocenters. The molecule has 4 heteroatoms. The third kappa shape index (κ3) is 3.32. The van der Waals surface area contributed by atoms with Crippen LogP contribution in [0.1, 0.15) is 29.7 Å². The molecule has 22 heavy (non-hydrogen) atoms. The molecule has 2 aromatic carbocycles. The van der Waals surface area contributed by atoms with Gasteiger partial charge in [0, 0.05) is 11.6 Å². The van der Waals surface area contributed by atoms with Crippen molar-refractivity contribution in [2.75, 3.05) is 0 Å². The highest BCUT2D eigenvalue weighted by molar-refractivity contribution is 6.30. The van der Waals surface area contributed by atoms with Crippen molar-refractivity contribution in [1.82, 2.24) is 10.6 Å². The van der Waals surface area contributed by atoms with E-state index >= 15 is 0 Å². The van der Waals surface area contributed by atoms with Crippen molar-refractivity contribution in [2.24, 2.45) is 0 Å². The Morgan fingerprint density at radius 3 is 2.77 bits per heavy atom. The monoisotopic (exact) mass is 314 g/mol. The van der Waals surface area contributed by atoms with Gasteiger partial charge in [0.05, 0.1) is 12.1 Å². The van der Waals surface area contributed by atoms with Gasteiger partial charge in [-0.1, -0.05) is 48.0 Å². The number of halogens is 1. The lowest BCUT2D eigenvalue weighted by Gasteiger charge is -2.26. The maximum Gasteiger partial charge on any atom is 0.237 e. The van der Waals surface area contributed by atoms with Crippen molar-refractivity contribution in [3.8, 4) is 0 Å². The van der Waals surface area contributed by atoms with E-state index in [-0.39, 0.29) is 18.0 Å². The summed E-state index contributed by atoms with van der Waals surface area (Å²) >= 11 is 6.01. The molecule has 0 bridgehead atoms. The van der Waals surface area contributed by atoms with Crippen LogP contribution in [0.25, 0.3) is 0 Å². The second kappa shape index (κ2) is 6.51. The zero-order chi connectivity index (χ0) is 15.5. The molecule has 3 nitrogen and oxygen atoms in total. The molecule has 0 radical (unpaired) electrons. The number of benzene rings is 2. The average Bonchev–Trinajstić information content (AvgIpc) is 2.54. The first-order valence-electron chi connectivity index (χ1n) is 7.49. The van der Waals surface area contributed by atoms with E-state index in [1.807, 2.05) is 43.3 Å². The summed E-state index contributed by atoms with van der Waals surface area (Å²) in [5.74, 6) is 0.0296. The second-order valence-electron chi connectivity index (χ2n) is 5.69. The summed E-state index contributed by atoms with van der Waals surface area (Å²) in [7, 11) is 0. The van der Waals surface area contributed by atoms with Crippen LogP contribution in [-0.2, 0) is 17.8 Å². The van der Waals surface area contributed by atoms with Crippen LogP contribution in [0.5, 0.6) is 0 Å². The molecule has 0 saturated heterocycles. The highest BCUT2D eigenvalue weighted by atomic mass is 35.5. The number of nitrogens with one attached hydrogen (secondary N) is 2. The lowest BCUT2D eigenvalue weighted by Crippen LogP contribution is -2.48. The molecule has 0 spiro atoms. The van der Waals surface area contributed by atoms with Gasteiger partial charge >= 0.3 is 0 Å². The first-order chi connectivity index (χ1) is 10.6. The molecule has 0 fully saturated rings. The van der Waals surface area contributed by atoms with Crippen LogP contribution in [0.15, 0.2) is 48.5 Å². The predicted molar refractivity (Wildman–Crippen MR) is 88.8 cm³/mol. The molecular weight excluding hydrogens is 296 g/mol. The van der Waals surface area contributed by atoms with Gasteiger partial charge in [-0.05, 0) is 42.2 Å². The Morgan fingerprint density at radius 2 is 2.00 bits per heavy atom. The predicted octanol–water partition coefficient (Wildman–Crippen LogP) is 3.23. The van der Waals surface area contributed by atoms with E-state index < -0.39 is 0 Å². The number of hydrogen-bond donors (Lipinski definition) is 2. The molecule has 0 aliphatic carbocycles. The Hall–Kier alpha value is -1.84. The molecule has 1 aliphatic heterocycles. The third-order valence-corrected chi connectivity index (χ3v) is 4.34. The van der Waals surface area contributed by atoms with Gasteiger partial charge in [0.2, 0.25) is 5.91 Å².